The van der Waals surface area contributed by atoms with E-state index in [0.717, 1.165) is 50.4 Å². The number of hydrogen-bond donors (Lipinski definition) is 1. The van der Waals surface area contributed by atoms with Crippen LogP contribution < -0.4 is 5.32 Å². The predicted molar refractivity (Wildman–Crippen MR) is 126 cm³/mol. The number of ether oxygens (including phenoxy) is 1. The molecule has 0 aromatic heterocycles. The van der Waals surface area contributed by atoms with E-state index >= 15 is 0 Å². The fourth-order valence-electron chi connectivity index (χ4n) is 3.33. The molecule has 162 valence electrons. The molecule has 1 N–H and O–H groups in total. The number of halogens is 1. The molecule has 29 heavy (non-hydrogen) atoms. The second kappa shape index (κ2) is 12.7. The first kappa shape index (κ1) is 25.2. The smallest absolute Gasteiger partial charge is 0.308 e. The second-order valence-electron chi connectivity index (χ2n) is 7.17. The van der Waals surface area contributed by atoms with Crippen molar-refractivity contribution in [2.45, 2.75) is 26.2 Å². The maximum atomic E-state index is 12.1. The monoisotopic (exact) mass is 516 g/mol. The van der Waals surface area contributed by atoms with Crippen LogP contribution in [0.25, 0.3) is 0 Å². The third kappa shape index (κ3) is 7.49. The zero-order chi connectivity index (χ0) is 20.5. The van der Waals surface area contributed by atoms with Gasteiger partial charge in [0.15, 0.2) is 5.96 Å². The molecule has 1 aromatic carbocycles. The molecule has 0 radical (unpaired) electrons. The molecule has 7 nitrogen and oxygen atoms in total. The average Bonchev–Trinajstić information content (AvgIpc) is 2.72. The summed E-state index contributed by atoms with van der Waals surface area (Å²) in [7, 11) is 4.96. The third-order valence-electron chi connectivity index (χ3n) is 4.91. The molecular weight excluding hydrogens is 483 g/mol. The molecule has 1 saturated heterocycles. The number of piperidine rings is 1. The first-order chi connectivity index (χ1) is 13.5. The standard InChI is InChI=1S/C21H32N4O3.HI/c1-5-22-21(25-13-10-17(11-14-25)20(27)28-4)23-12-9-16-7-6-8-18(15-16)19(26)24(2)3;/h6-8,15,17H,5,9-14H2,1-4H3,(H,22,23);1H. The summed E-state index contributed by atoms with van der Waals surface area (Å²) in [6, 6.07) is 7.71. The number of aliphatic imine (C=N–C) groups is 1. The molecule has 2 rings (SSSR count). The van der Waals surface area contributed by atoms with Crippen LogP contribution in [0.2, 0.25) is 0 Å². The highest BCUT2D eigenvalue weighted by molar-refractivity contribution is 14.0. The number of rotatable bonds is 6. The Morgan fingerprint density at radius 2 is 1.97 bits per heavy atom. The summed E-state index contributed by atoms with van der Waals surface area (Å²) in [4.78, 5) is 32.4. The minimum atomic E-state index is -0.117. The summed E-state index contributed by atoms with van der Waals surface area (Å²) >= 11 is 0. The van der Waals surface area contributed by atoms with E-state index in [9.17, 15) is 9.59 Å². The molecule has 1 fully saturated rings. The lowest BCUT2D eigenvalue weighted by molar-refractivity contribution is -0.146. The lowest BCUT2D eigenvalue weighted by atomic mass is 9.97. The summed E-state index contributed by atoms with van der Waals surface area (Å²) < 4.78 is 4.86. The van der Waals surface area contributed by atoms with E-state index in [2.05, 4.69) is 10.2 Å². The highest BCUT2D eigenvalue weighted by atomic mass is 127. The number of carbonyl (C=O) groups is 2. The van der Waals surface area contributed by atoms with Gasteiger partial charge in [-0.25, -0.2) is 0 Å². The minimum Gasteiger partial charge on any atom is -0.469 e. The fourth-order valence-corrected chi connectivity index (χ4v) is 3.33. The van der Waals surface area contributed by atoms with Gasteiger partial charge in [0, 0.05) is 45.8 Å². The van der Waals surface area contributed by atoms with E-state index in [1.54, 1.807) is 19.0 Å². The topological polar surface area (TPSA) is 74.2 Å². The Labute approximate surface area is 190 Å². The van der Waals surface area contributed by atoms with Gasteiger partial charge < -0.3 is 19.9 Å². The van der Waals surface area contributed by atoms with E-state index in [1.165, 1.54) is 7.11 Å². The normalized spacial score (nSPS) is 14.8. The Balaban J connectivity index is 0.00000420. The summed E-state index contributed by atoms with van der Waals surface area (Å²) in [5.74, 6) is 0.758. The number of likely N-dealkylation sites (tertiary alicyclic amines) is 1. The Hall–Kier alpha value is -1.84. The highest BCUT2D eigenvalue weighted by Gasteiger charge is 2.26. The van der Waals surface area contributed by atoms with Gasteiger partial charge in [-0.05, 0) is 43.9 Å². The zero-order valence-electron chi connectivity index (χ0n) is 17.8. The quantitative estimate of drug-likeness (QED) is 0.272. The molecule has 8 heteroatoms. The minimum absolute atomic E-state index is 0. The Morgan fingerprint density at radius 3 is 2.55 bits per heavy atom. The van der Waals surface area contributed by atoms with Crippen molar-refractivity contribution < 1.29 is 14.3 Å². The van der Waals surface area contributed by atoms with E-state index in [0.29, 0.717) is 12.1 Å². The van der Waals surface area contributed by atoms with Gasteiger partial charge in [0.25, 0.3) is 5.91 Å². The first-order valence-corrected chi connectivity index (χ1v) is 9.88. The van der Waals surface area contributed by atoms with Crippen molar-refractivity contribution >= 4 is 41.8 Å². The predicted octanol–water partition coefficient (Wildman–Crippen LogP) is 2.40. The van der Waals surface area contributed by atoms with Gasteiger partial charge in [0.1, 0.15) is 0 Å². The fraction of sp³-hybridized carbons (Fsp3) is 0.571. The third-order valence-corrected chi connectivity index (χ3v) is 4.91. The number of benzene rings is 1. The number of hydrogen-bond acceptors (Lipinski definition) is 4. The molecule has 1 aliphatic heterocycles. The van der Waals surface area contributed by atoms with Gasteiger partial charge in [-0.2, -0.15) is 0 Å². The molecule has 1 amide bonds. The van der Waals surface area contributed by atoms with Gasteiger partial charge in [-0.3, -0.25) is 14.6 Å². The summed E-state index contributed by atoms with van der Waals surface area (Å²) in [6.45, 7) is 5.06. The molecule has 0 bridgehead atoms. The maximum absolute atomic E-state index is 12.1. The lowest BCUT2D eigenvalue weighted by Gasteiger charge is -2.33. The first-order valence-electron chi connectivity index (χ1n) is 9.88. The van der Waals surface area contributed by atoms with Crippen molar-refractivity contribution in [3.8, 4) is 0 Å². The Bertz CT molecular complexity index is 701. The van der Waals surface area contributed by atoms with Gasteiger partial charge >= 0.3 is 5.97 Å². The van der Waals surface area contributed by atoms with E-state index < -0.39 is 0 Å². The van der Waals surface area contributed by atoms with Crippen LogP contribution in [0.5, 0.6) is 0 Å². The molecule has 1 aliphatic rings. The van der Waals surface area contributed by atoms with Crippen molar-refractivity contribution in [3.05, 3.63) is 35.4 Å². The second-order valence-corrected chi connectivity index (χ2v) is 7.17. The molecule has 1 aromatic rings. The Morgan fingerprint density at radius 1 is 1.28 bits per heavy atom. The van der Waals surface area contributed by atoms with Gasteiger partial charge in [0.2, 0.25) is 0 Å². The number of amides is 1. The van der Waals surface area contributed by atoms with Crippen LogP contribution >= 0.6 is 24.0 Å². The number of methoxy groups -OCH3 is 1. The van der Waals surface area contributed by atoms with Gasteiger partial charge in [-0.1, -0.05) is 12.1 Å². The Kier molecular flexibility index (Phi) is 11.0. The van der Waals surface area contributed by atoms with Gasteiger partial charge in [0.05, 0.1) is 13.0 Å². The van der Waals surface area contributed by atoms with E-state index in [4.69, 9.17) is 9.73 Å². The molecule has 0 atom stereocenters. The van der Waals surface area contributed by atoms with Crippen LogP contribution in [0.4, 0.5) is 0 Å². The van der Waals surface area contributed by atoms with Crippen LogP contribution in [0.1, 0.15) is 35.7 Å². The maximum Gasteiger partial charge on any atom is 0.308 e. The van der Waals surface area contributed by atoms with E-state index in [1.807, 2.05) is 31.2 Å². The van der Waals surface area contributed by atoms with Gasteiger partial charge in [-0.15, -0.1) is 24.0 Å². The van der Waals surface area contributed by atoms with Crippen molar-refractivity contribution in [1.29, 1.82) is 0 Å². The van der Waals surface area contributed by atoms with Crippen LogP contribution in [-0.2, 0) is 16.0 Å². The molecule has 0 saturated carbocycles. The number of guanidine groups is 1. The highest BCUT2D eigenvalue weighted by Crippen LogP contribution is 2.18. The van der Waals surface area contributed by atoms with Crippen molar-refractivity contribution in [2.75, 3.05) is 47.4 Å². The van der Waals surface area contributed by atoms with Crippen molar-refractivity contribution in [3.63, 3.8) is 0 Å². The molecule has 1 heterocycles. The summed E-state index contributed by atoms with van der Waals surface area (Å²) in [5.41, 5.74) is 1.79. The average molecular weight is 516 g/mol. The SMILES string of the molecule is CCNC(=NCCc1cccc(C(=O)N(C)C)c1)N1CCC(C(=O)OC)CC1.I. The van der Waals surface area contributed by atoms with Crippen molar-refractivity contribution in [1.82, 2.24) is 15.1 Å². The van der Waals surface area contributed by atoms with E-state index in [-0.39, 0.29) is 41.8 Å². The number of esters is 1. The van der Waals surface area contributed by atoms with Crippen LogP contribution in [-0.4, -0.2) is 75.0 Å². The summed E-state index contributed by atoms with van der Waals surface area (Å²) in [6.07, 6.45) is 2.33. The zero-order valence-corrected chi connectivity index (χ0v) is 20.1. The lowest BCUT2D eigenvalue weighted by Crippen LogP contribution is -2.46. The summed E-state index contributed by atoms with van der Waals surface area (Å²) in [5, 5.41) is 3.34. The largest absolute Gasteiger partial charge is 0.469 e. The molecule has 0 unspecified atom stereocenters. The molecule has 0 spiro atoms. The molecule has 0 aliphatic carbocycles. The van der Waals surface area contributed by atoms with Crippen LogP contribution in [0.3, 0.4) is 0 Å². The van der Waals surface area contributed by atoms with Crippen LogP contribution in [0.15, 0.2) is 29.3 Å². The number of nitrogens with zero attached hydrogens (tertiary/aromatic N) is 3. The molecular formula is C21H33IN4O3. The van der Waals surface area contributed by atoms with Crippen LogP contribution in [0, 0.1) is 5.92 Å². The van der Waals surface area contributed by atoms with Crippen molar-refractivity contribution in [2.24, 2.45) is 10.9 Å². The number of carbonyl (C=O) groups excluding carboxylic acids is 2. The number of nitrogens with one attached hydrogen (secondary N) is 1.